The zero-order chi connectivity index (χ0) is 12.3. The van der Waals surface area contributed by atoms with E-state index in [0.717, 1.165) is 4.47 Å². The Hall–Kier alpha value is -1.34. The average Bonchev–Trinajstić information content (AvgIpc) is 2.32. The molecule has 2 rings (SSSR count). The molecule has 0 saturated carbocycles. The SMILES string of the molecule is C/C=C\c1cc(-c2cccc(Br)c2)ccc1C. The number of hydrogen-bond donors (Lipinski definition) is 0. The lowest BCUT2D eigenvalue weighted by molar-refractivity contribution is 1.43. The fourth-order valence-corrected chi connectivity index (χ4v) is 2.25. The normalized spacial score (nSPS) is 11.0. The summed E-state index contributed by atoms with van der Waals surface area (Å²) in [6, 6.07) is 15.0. The van der Waals surface area contributed by atoms with Crippen molar-refractivity contribution >= 4 is 22.0 Å². The van der Waals surface area contributed by atoms with Gasteiger partial charge in [-0.2, -0.15) is 0 Å². The lowest BCUT2D eigenvalue weighted by Crippen LogP contribution is -1.84. The van der Waals surface area contributed by atoms with Crippen LogP contribution < -0.4 is 0 Å². The Labute approximate surface area is 111 Å². The first-order valence-corrected chi connectivity index (χ1v) is 6.49. The van der Waals surface area contributed by atoms with E-state index in [1.807, 2.05) is 13.0 Å². The van der Waals surface area contributed by atoms with Gasteiger partial charge in [-0.1, -0.05) is 52.3 Å². The summed E-state index contributed by atoms with van der Waals surface area (Å²) in [5.74, 6) is 0. The highest BCUT2D eigenvalue weighted by Gasteiger charge is 2.01. The number of rotatable bonds is 2. The van der Waals surface area contributed by atoms with Crippen LogP contribution in [0.3, 0.4) is 0 Å². The summed E-state index contributed by atoms with van der Waals surface area (Å²) in [6.45, 7) is 4.19. The van der Waals surface area contributed by atoms with E-state index in [0.29, 0.717) is 0 Å². The van der Waals surface area contributed by atoms with Crippen molar-refractivity contribution in [2.75, 3.05) is 0 Å². The van der Waals surface area contributed by atoms with Gasteiger partial charge in [-0.05, 0) is 54.3 Å². The van der Waals surface area contributed by atoms with Crippen molar-refractivity contribution < 1.29 is 0 Å². The summed E-state index contributed by atoms with van der Waals surface area (Å²) in [5, 5.41) is 0. The second-order valence-electron chi connectivity index (χ2n) is 4.08. The molecule has 0 unspecified atom stereocenters. The van der Waals surface area contributed by atoms with E-state index in [9.17, 15) is 0 Å². The van der Waals surface area contributed by atoms with E-state index in [1.165, 1.54) is 22.3 Å². The molecule has 2 aromatic carbocycles. The van der Waals surface area contributed by atoms with Crippen LogP contribution in [0.2, 0.25) is 0 Å². The highest BCUT2D eigenvalue weighted by molar-refractivity contribution is 9.10. The van der Waals surface area contributed by atoms with Crippen molar-refractivity contribution in [2.45, 2.75) is 13.8 Å². The molecule has 0 aliphatic heterocycles. The summed E-state index contributed by atoms with van der Waals surface area (Å²) in [4.78, 5) is 0. The maximum absolute atomic E-state index is 3.51. The summed E-state index contributed by atoms with van der Waals surface area (Å²) in [5.41, 5.74) is 5.09. The highest BCUT2D eigenvalue weighted by Crippen LogP contribution is 2.25. The number of hydrogen-bond acceptors (Lipinski definition) is 0. The Morgan fingerprint density at radius 1 is 1.00 bits per heavy atom. The van der Waals surface area contributed by atoms with Gasteiger partial charge < -0.3 is 0 Å². The molecular weight excluding hydrogens is 272 g/mol. The quantitative estimate of drug-likeness (QED) is 0.688. The first-order valence-electron chi connectivity index (χ1n) is 5.70. The van der Waals surface area contributed by atoms with Crippen LogP contribution in [0, 0.1) is 6.92 Å². The van der Waals surface area contributed by atoms with Gasteiger partial charge in [-0.25, -0.2) is 0 Å². The lowest BCUT2D eigenvalue weighted by Gasteiger charge is -2.06. The van der Waals surface area contributed by atoms with Crippen LogP contribution in [-0.4, -0.2) is 0 Å². The highest BCUT2D eigenvalue weighted by atomic mass is 79.9. The van der Waals surface area contributed by atoms with Crippen LogP contribution in [-0.2, 0) is 0 Å². The Morgan fingerprint density at radius 3 is 2.47 bits per heavy atom. The van der Waals surface area contributed by atoms with Gasteiger partial charge in [0.1, 0.15) is 0 Å². The van der Waals surface area contributed by atoms with Crippen molar-refractivity contribution in [3.8, 4) is 11.1 Å². The minimum atomic E-state index is 1.11. The van der Waals surface area contributed by atoms with E-state index in [-0.39, 0.29) is 0 Å². The van der Waals surface area contributed by atoms with Gasteiger partial charge in [0.05, 0.1) is 0 Å². The molecule has 0 saturated heterocycles. The minimum Gasteiger partial charge on any atom is -0.0871 e. The zero-order valence-electron chi connectivity index (χ0n) is 10.1. The lowest BCUT2D eigenvalue weighted by atomic mass is 9.99. The maximum Gasteiger partial charge on any atom is 0.0181 e. The molecule has 0 amide bonds. The molecule has 17 heavy (non-hydrogen) atoms. The van der Waals surface area contributed by atoms with Crippen molar-refractivity contribution in [2.24, 2.45) is 0 Å². The molecule has 0 atom stereocenters. The van der Waals surface area contributed by atoms with E-state index in [4.69, 9.17) is 0 Å². The molecule has 0 radical (unpaired) electrons. The maximum atomic E-state index is 3.51. The van der Waals surface area contributed by atoms with E-state index < -0.39 is 0 Å². The molecule has 0 aliphatic carbocycles. The molecule has 0 aromatic heterocycles. The van der Waals surface area contributed by atoms with Crippen molar-refractivity contribution in [3.05, 3.63) is 64.1 Å². The predicted molar refractivity (Wildman–Crippen MR) is 79.0 cm³/mol. The average molecular weight is 287 g/mol. The molecular formula is C16H15Br. The van der Waals surface area contributed by atoms with Crippen LogP contribution >= 0.6 is 15.9 Å². The van der Waals surface area contributed by atoms with Gasteiger partial charge >= 0.3 is 0 Å². The van der Waals surface area contributed by atoms with Crippen LogP contribution in [0.25, 0.3) is 17.2 Å². The summed E-state index contributed by atoms with van der Waals surface area (Å²) in [7, 11) is 0. The topological polar surface area (TPSA) is 0 Å². The Kier molecular flexibility index (Phi) is 3.80. The van der Waals surface area contributed by atoms with E-state index in [2.05, 4.69) is 71.4 Å². The van der Waals surface area contributed by atoms with Gasteiger partial charge in [0, 0.05) is 4.47 Å². The summed E-state index contributed by atoms with van der Waals surface area (Å²) < 4.78 is 1.11. The third-order valence-corrected chi connectivity index (χ3v) is 3.28. The second-order valence-corrected chi connectivity index (χ2v) is 5.00. The van der Waals surface area contributed by atoms with Gasteiger partial charge in [0.25, 0.3) is 0 Å². The number of benzene rings is 2. The largest absolute Gasteiger partial charge is 0.0871 e. The number of allylic oxidation sites excluding steroid dienone is 1. The molecule has 0 N–H and O–H groups in total. The van der Waals surface area contributed by atoms with Crippen LogP contribution in [0.5, 0.6) is 0 Å². The van der Waals surface area contributed by atoms with E-state index in [1.54, 1.807) is 0 Å². The molecule has 0 aliphatic rings. The smallest absolute Gasteiger partial charge is 0.0181 e. The Balaban J connectivity index is 2.50. The molecule has 0 heterocycles. The first kappa shape index (κ1) is 12.1. The van der Waals surface area contributed by atoms with Crippen LogP contribution in [0.15, 0.2) is 53.0 Å². The molecule has 0 bridgehead atoms. The van der Waals surface area contributed by atoms with Gasteiger partial charge in [0.15, 0.2) is 0 Å². The standard InChI is InChI=1S/C16H15Br/c1-3-5-13-10-15(9-8-12(13)2)14-6-4-7-16(17)11-14/h3-11H,1-2H3/b5-3-. The molecule has 0 spiro atoms. The monoisotopic (exact) mass is 286 g/mol. The van der Waals surface area contributed by atoms with E-state index >= 15 is 0 Å². The van der Waals surface area contributed by atoms with Gasteiger partial charge in [0.2, 0.25) is 0 Å². The molecule has 2 aromatic rings. The third-order valence-electron chi connectivity index (χ3n) is 2.78. The molecule has 86 valence electrons. The van der Waals surface area contributed by atoms with Crippen LogP contribution in [0.1, 0.15) is 18.1 Å². The number of aryl methyl sites for hydroxylation is 1. The zero-order valence-corrected chi connectivity index (χ0v) is 11.7. The van der Waals surface area contributed by atoms with Crippen molar-refractivity contribution in [3.63, 3.8) is 0 Å². The van der Waals surface area contributed by atoms with Crippen molar-refractivity contribution in [1.82, 2.24) is 0 Å². The second kappa shape index (κ2) is 5.33. The minimum absolute atomic E-state index is 1.11. The summed E-state index contributed by atoms with van der Waals surface area (Å²) in [6.07, 6.45) is 4.23. The summed E-state index contributed by atoms with van der Waals surface area (Å²) >= 11 is 3.51. The number of halogens is 1. The van der Waals surface area contributed by atoms with Gasteiger partial charge in [-0.3, -0.25) is 0 Å². The molecule has 1 heteroatoms. The first-order chi connectivity index (χ1) is 8.20. The third kappa shape index (κ3) is 2.86. The fourth-order valence-electron chi connectivity index (χ4n) is 1.85. The predicted octanol–water partition coefficient (Wildman–Crippen LogP) is 5.46. The fraction of sp³-hybridized carbons (Fsp3) is 0.125. The molecule has 0 nitrogen and oxygen atoms in total. The molecule has 0 fully saturated rings. The Morgan fingerprint density at radius 2 is 1.76 bits per heavy atom. The Bertz CT molecular complexity index is 553. The van der Waals surface area contributed by atoms with Crippen LogP contribution in [0.4, 0.5) is 0 Å². The van der Waals surface area contributed by atoms with Crippen molar-refractivity contribution in [1.29, 1.82) is 0 Å². The van der Waals surface area contributed by atoms with Gasteiger partial charge in [-0.15, -0.1) is 0 Å².